The van der Waals surface area contributed by atoms with Gasteiger partial charge in [-0.15, -0.1) is 0 Å². The monoisotopic (exact) mass is 403 g/mol. The summed E-state index contributed by atoms with van der Waals surface area (Å²) in [5.41, 5.74) is 1.86. The molecule has 0 spiro atoms. The van der Waals surface area contributed by atoms with Crippen molar-refractivity contribution < 1.29 is 24.2 Å². The van der Waals surface area contributed by atoms with E-state index in [9.17, 15) is 14.4 Å². The number of hydrogen-bond acceptors (Lipinski definition) is 4. The molecule has 1 aromatic carbocycles. The molecule has 4 N–H and O–H groups in total. The maximum absolute atomic E-state index is 12.9. The molecule has 2 aromatic rings. The molecule has 0 aliphatic rings. The molecule has 2 atom stereocenters. The highest BCUT2D eigenvalue weighted by molar-refractivity contribution is 5.89. The summed E-state index contributed by atoms with van der Waals surface area (Å²) in [6.07, 6.45) is 2.26. The van der Waals surface area contributed by atoms with E-state index in [1.54, 1.807) is 0 Å². The van der Waals surface area contributed by atoms with Crippen LogP contribution in [0.25, 0.3) is 10.9 Å². The molecular formula is C21H29N3O5. The minimum absolute atomic E-state index is 0.0448. The van der Waals surface area contributed by atoms with Gasteiger partial charge in [-0.25, -0.2) is 0 Å². The molecule has 8 nitrogen and oxygen atoms in total. The number of aromatic nitrogens is 1. The summed E-state index contributed by atoms with van der Waals surface area (Å²) < 4.78 is 5.56. The molecule has 158 valence electrons. The van der Waals surface area contributed by atoms with Gasteiger partial charge in [-0.2, -0.15) is 0 Å². The fraction of sp³-hybridized carbons (Fsp3) is 0.476. The second-order valence-electron chi connectivity index (χ2n) is 7.34. The van der Waals surface area contributed by atoms with Crippen molar-refractivity contribution in [1.29, 1.82) is 0 Å². The van der Waals surface area contributed by atoms with Crippen molar-refractivity contribution in [3.63, 3.8) is 0 Å². The Morgan fingerprint density at radius 2 is 1.90 bits per heavy atom. The van der Waals surface area contributed by atoms with Gasteiger partial charge < -0.3 is 25.5 Å². The van der Waals surface area contributed by atoms with E-state index in [4.69, 9.17) is 9.84 Å². The molecule has 0 aliphatic heterocycles. The third-order valence-corrected chi connectivity index (χ3v) is 4.48. The number of aromatic amines is 1. The number of carbonyl (C=O) groups excluding carboxylic acids is 2. The number of benzene rings is 1. The van der Waals surface area contributed by atoms with Crippen molar-refractivity contribution in [1.82, 2.24) is 15.6 Å². The molecule has 0 aliphatic carbocycles. The van der Waals surface area contributed by atoms with Gasteiger partial charge in [-0.1, -0.05) is 18.2 Å². The van der Waals surface area contributed by atoms with E-state index in [0.29, 0.717) is 6.42 Å². The number of aliphatic carboxylic acids is 1. The Morgan fingerprint density at radius 1 is 1.17 bits per heavy atom. The Bertz CT molecular complexity index is 846. The number of para-hydroxylation sites is 1. The van der Waals surface area contributed by atoms with Crippen LogP contribution in [0, 0.1) is 0 Å². The number of ether oxygens (including phenoxy) is 1. The Hall–Kier alpha value is -2.87. The van der Waals surface area contributed by atoms with E-state index in [1.807, 2.05) is 44.3 Å². The first kappa shape index (κ1) is 22.4. The van der Waals surface area contributed by atoms with E-state index in [-0.39, 0.29) is 37.4 Å². The first-order valence-corrected chi connectivity index (χ1v) is 9.72. The molecule has 8 heteroatoms. The van der Waals surface area contributed by atoms with Gasteiger partial charge in [0.05, 0.1) is 18.8 Å². The highest BCUT2D eigenvalue weighted by Crippen LogP contribution is 2.19. The van der Waals surface area contributed by atoms with Crippen molar-refractivity contribution in [3.8, 4) is 0 Å². The topological polar surface area (TPSA) is 121 Å². The molecular weight excluding hydrogens is 374 g/mol. The van der Waals surface area contributed by atoms with Crippen molar-refractivity contribution in [2.24, 2.45) is 0 Å². The number of carbonyl (C=O) groups is 3. The lowest BCUT2D eigenvalue weighted by Gasteiger charge is -2.23. The average molecular weight is 403 g/mol. The molecule has 2 unspecified atom stereocenters. The van der Waals surface area contributed by atoms with E-state index in [2.05, 4.69) is 15.6 Å². The zero-order chi connectivity index (χ0) is 21.4. The van der Waals surface area contributed by atoms with Gasteiger partial charge in [-0.05, 0) is 31.9 Å². The van der Waals surface area contributed by atoms with Crippen LogP contribution in [0.1, 0.15) is 39.2 Å². The summed E-state index contributed by atoms with van der Waals surface area (Å²) >= 11 is 0. The van der Waals surface area contributed by atoms with Crippen molar-refractivity contribution in [2.75, 3.05) is 6.61 Å². The maximum atomic E-state index is 12.9. The van der Waals surface area contributed by atoms with Gasteiger partial charge in [0, 0.05) is 36.9 Å². The number of rotatable bonds is 11. The van der Waals surface area contributed by atoms with Gasteiger partial charge in [-0.3, -0.25) is 14.4 Å². The van der Waals surface area contributed by atoms with Gasteiger partial charge in [0.15, 0.2) is 0 Å². The predicted octanol–water partition coefficient (Wildman–Crippen LogP) is 1.99. The van der Waals surface area contributed by atoms with Crippen LogP contribution in [0.3, 0.4) is 0 Å². The summed E-state index contributed by atoms with van der Waals surface area (Å²) in [6, 6.07) is 6.49. The molecule has 1 aromatic heterocycles. The largest absolute Gasteiger partial charge is 0.481 e. The fourth-order valence-electron chi connectivity index (χ4n) is 3.08. The first-order chi connectivity index (χ1) is 13.8. The standard InChI is InChI=1S/C21H29N3O5/c1-13(2)29-12-16(8-9-20(26)27)24-21(28)19(23-14(3)25)10-15-11-22-18-7-5-4-6-17(15)18/h4-7,11,13,16,19,22H,8-10,12H2,1-3H3,(H,23,25)(H,24,28)(H,26,27). The highest BCUT2D eigenvalue weighted by Gasteiger charge is 2.24. The minimum atomic E-state index is -0.939. The van der Waals surface area contributed by atoms with Crippen LogP contribution in [0.15, 0.2) is 30.5 Å². The number of nitrogens with one attached hydrogen (secondary N) is 3. The number of fused-ring (bicyclic) bond motifs is 1. The van der Waals surface area contributed by atoms with Gasteiger partial charge in [0.25, 0.3) is 0 Å². The molecule has 0 radical (unpaired) electrons. The number of hydrogen-bond donors (Lipinski definition) is 4. The second-order valence-corrected chi connectivity index (χ2v) is 7.34. The number of carboxylic acids is 1. The molecule has 1 heterocycles. The summed E-state index contributed by atoms with van der Waals surface area (Å²) in [6.45, 7) is 5.30. The fourth-order valence-corrected chi connectivity index (χ4v) is 3.08. The number of amides is 2. The van der Waals surface area contributed by atoms with Gasteiger partial charge in [0.1, 0.15) is 6.04 Å². The summed E-state index contributed by atoms with van der Waals surface area (Å²) in [7, 11) is 0. The van der Waals surface area contributed by atoms with Crippen molar-refractivity contribution in [2.45, 2.75) is 58.2 Å². The van der Waals surface area contributed by atoms with Crippen LogP contribution >= 0.6 is 0 Å². The van der Waals surface area contributed by atoms with Crippen LogP contribution in [0.4, 0.5) is 0 Å². The van der Waals surface area contributed by atoms with Crippen LogP contribution in [-0.4, -0.2) is 52.7 Å². The normalized spacial score (nSPS) is 13.2. The quantitative estimate of drug-likeness (QED) is 0.457. The number of H-pyrrole nitrogens is 1. The lowest BCUT2D eigenvalue weighted by molar-refractivity contribution is -0.137. The SMILES string of the molecule is CC(=O)NC(Cc1c[nH]c2ccccc12)C(=O)NC(CCC(=O)O)COC(C)C. The molecule has 0 bridgehead atoms. The molecule has 0 fully saturated rings. The third kappa shape index (κ3) is 7.23. The van der Waals surface area contributed by atoms with E-state index >= 15 is 0 Å². The predicted molar refractivity (Wildman–Crippen MR) is 109 cm³/mol. The van der Waals surface area contributed by atoms with E-state index in [0.717, 1.165) is 16.5 Å². The summed E-state index contributed by atoms with van der Waals surface area (Å²) in [5, 5.41) is 15.5. The lowest BCUT2D eigenvalue weighted by Crippen LogP contribution is -2.51. The van der Waals surface area contributed by atoms with Gasteiger partial charge >= 0.3 is 5.97 Å². The van der Waals surface area contributed by atoms with Crippen LogP contribution < -0.4 is 10.6 Å². The Labute approximate surface area is 170 Å². The van der Waals surface area contributed by atoms with E-state index in [1.165, 1.54) is 6.92 Å². The smallest absolute Gasteiger partial charge is 0.303 e. The Kier molecular flexibility index (Phi) is 8.21. The first-order valence-electron chi connectivity index (χ1n) is 9.72. The summed E-state index contributed by atoms with van der Waals surface area (Å²) in [4.78, 5) is 38.7. The van der Waals surface area contributed by atoms with Gasteiger partial charge in [0.2, 0.25) is 11.8 Å². The Balaban J connectivity index is 2.12. The zero-order valence-electron chi connectivity index (χ0n) is 17.0. The Morgan fingerprint density at radius 3 is 2.55 bits per heavy atom. The van der Waals surface area contributed by atoms with Crippen molar-refractivity contribution in [3.05, 3.63) is 36.0 Å². The maximum Gasteiger partial charge on any atom is 0.303 e. The average Bonchev–Trinajstić information content (AvgIpc) is 3.05. The van der Waals surface area contributed by atoms with Crippen LogP contribution in [-0.2, 0) is 25.5 Å². The summed E-state index contributed by atoms with van der Waals surface area (Å²) in [5.74, 6) is -1.62. The van der Waals surface area contributed by atoms with Crippen LogP contribution in [0.2, 0.25) is 0 Å². The lowest BCUT2D eigenvalue weighted by atomic mass is 10.0. The molecule has 29 heavy (non-hydrogen) atoms. The second kappa shape index (κ2) is 10.6. The zero-order valence-corrected chi connectivity index (χ0v) is 17.0. The minimum Gasteiger partial charge on any atom is -0.481 e. The highest BCUT2D eigenvalue weighted by atomic mass is 16.5. The van der Waals surface area contributed by atoms with Crippen molar-refractivity contribution >= 4 is 28.7 Å². The van der Waals surface area contributed by atoms with Crippen LogP contribution in [0.5, 0.6) is 0 Å². The molecule has 2 amide bonds. The molecule has 0 saturated heterocycles. The van der Waals surface area contributed by atoms with E-state index < -0.39 is 18.1 Å². The molecule has 0 saturated carbocycles. The number of carboxylic acid groups (broad SMARTS) is 1. The molecule has 2 rings (SSSR count). The third-order valence-electron chi connectivity index (χ3n) is 4.48.